The van der Waals surface area contributed by atoms with Crippen molar-refractivity contribution in [3.05, 3.63) is 11.1 Å². The summed E-state index contributed by atoms with van der Waals surface area (Å²) in [4.78, 5) is 16.6. The molecular formula is C13H20N4O3S. The van der Waals surface area contributed by atoms with Gasteiger partial charge < -0.3 is 14.4 Å². The Morgan fingerprint density at radius 2 is 2.48 bits per heavy atom. The van der Waals surface area contributed by atoms with Gasteiger partial charge in [-0.15, -0.1) is 5.10 Å². The molecule has 7 nitrogen and oxygen atoms in total. The highest BCUT2D eigenvalue weighted by atomic mass is 32.1. The number of hydrogen-bond donors (Lipinski definition) is 0. The Balaban J connectivity index is 1.66. The van der Waals surface area contributed by atoms with Gasteiger partial charge in [-0.2, -0.15) is 0 Å². The van der Waals surface area contributed by atoms with Crippen LogP contribution in [0.3, 0.4) is 0 Å². The summed E-state index contributed by atoms with van der Waals surface area (Å²) in [7, 11) is 1.71. The Morgan fingerprint density at radius 3 is 3.24 bits per heavy atom. The number of carbonyl (C=O) groups is 1. The first kappa shape index (κ1) is 14.8. The Bertz CT molecular complexity index is 470. The van der Waals surface area contributed by atoms with Crippen molar-refractivity contribution >= 4 is 17.4 Å². The average molecular weight is 312 g/mol. The van der Waals surface area contributed by atoms with Crippen LogP contribution in [-0.4, -0.2) is 83.9 Å². The molecule has 0 bridgehead atoms. The molecule has 0 saturated carbocycles. The van der Waals surface area contributed by atoms with Gasteiger partial charge in [-0.25, -0.2) is 0 Å². The van der Waals surface area contributed by atoms with Gasteiger partial charge in [0.15, 0.2) is 5.69 Å². The van der Waals surface area contributed by atoms with Crippen molar-refractivity contribution < 1.29 is 14.3 Å². The van der Waals surface area contributed by atoms with E-state index < -0.39 is 0 Å². The summed E-state index contributed by atoms with van der Waals surface area (Å²) >= 11 is 1.21. The predicted octanol–water partition coefficient (Wildman–Crippen LogP) is 0.0998. The van der Waals surface area contributed by atoms with Crippen molar-refractivity contribution in [3.8, 4) is 0 Å². The lowest BCUT2D eigenvalue weighted by Gasteiger charge is -2.46. The van der Waals surface area contributed by atoms with E-state index in [1.807, 2.05) is 4.90 Å². The number of nitrogens with zero attached hydrogens (tertiary/aromatic N) is 4. The van der Waals surface area contributed by atoms with Gasteiger partial charge in [0.05, 0.1) is 25.4 Å². The van der Waals surface area contributed by atoms with E-state index in [2.05, 4.69) is 14.5 Å². The summed E-state index contributed by atoms with van der Waals surface area (Å²) in [5, 5.41) is 5.58. The van der Waals surface area contributed by atoms with E-state index in [-0.39, 0.29) is 18.1 Å². The molecular weight excluding hydrogens is 292 g/mol. The van der Waals surface area contributed by atoms with Gasteiger partial charge in [0.25, 0.3) is 5.91 Å². The summed E-state index contributed by atoms with van der Waals surface area (Å²) in [6, 6.07) is 0.248. The number of carbonyl (C=O) groups excluding carboxylic acids is 1. The standard InChI is InChI=1S/C13H20N4O3S/c1-19-6-4-16-5-7-20-12-2-3-17(8-11(12)16)13(18)10-9-21-15-14-10/h9,11-12H,2-8H2,1H3/t11-,12-/m0/s1. The zero-order chi connectivity index (χ0) is 14.7. The van der Waals surface area contributed by atoms with Gasteiger partial charge in [0, 0.05) is 38.7 Å². The molecule has 1 aromatic heterocycles. The maximum atomic E-state index is 12.4. The van der Waals surface area contributed by atoms with Crippen LogP contribution >= 0.6 is 11.5 Å². The van der Waals surface area contributed by atoms with Crippen molar-refractivity contribution in [1.29, 1.82) is 0 Å². The van der Waals surface area contributed by atoms with E-state index in [0.29, 0.717) is 18.8 Å². The zero-order valence-corrected chi connectivity index (χ0v) is 12.9. The van der Waals surface area contributed by atoms with Crippen molar-refractivity contribution in [1.82, 2.24) is 19.4 Å². The molecule has 2 aliphatic heterocycles. The van der Waals surface area contributed by atoms with Crippen LogP contribution in [0, 0.1) is 0 Å². The fourth-order valence-electron chi connectivity index (χ4n) is 3.03. The molecule has 2 fully saturated rings. The molecule has 0 spiro atoms. The Hall–Kier alpha value is -1.09. The van der Waals surface area contributed by atoms with E-state index in [4.69, 9.17) is 9.47 Å². The van der Waals surface area contributed by atoms with Crippen molar-refractivity contribution in [2.75, 3.05) is 46.5 Å². The predicted molar refractivity (Wildman–Crippen MR) is 77.4 cm³/mol. The van der Waals surface area contributed by atoms with Crippen LogP contribution in [0.1, 0.15) is 16.9 Å². The molecule has 2 atom stereocenters. The second-order valence-electron chi connectivity index (χ2n) is 5.34. The average Bonchev–Trinajstić information content (AvgIpc) is 3.06. The number of hydrogen-bond acceptors (Lipinski definition) is 7. The van der Waals surface area contributed by atoms with Crippen LogP contribution in [0.5, 0.6) is 0 Å². The molecule has 21 heavy (non-hydrogen) atoms. The lowest BCUT2D eigenvalue weighted by atomic mass is 9.98. The minimum Gasteiger partial charge on any atom is -0.383 e. The first-order chi connectivity index (χ1) is 10.3. The Morgan fingerprint density at radius 1 is 1.57 bits per heavy atom. The Kier molecular flexibility index (Phi) is 4.79. The molecule has 0 radical (unpaired) electrons. The van der Waals surface area contributed by atoms with E-state index in [1.54, 1.807) is 12.5 Å². The van der Waals surface area contributed by atoms with Gasteiger partial charge in [0.2, 0.25) is 0 Å². The van der Waals surface area contributed by atoms with Crippen LogP contribution in [0.2, 0.25) is 0 Å². The Labute approximate surface area is 128 Å². The number of amides is 1. The third-order valence-electron chi connectivity index (χ3n) is 4.15. The maximum Gasteiger partial charge on any atom is 0.275 e. The van der Waals surface area contributed by atoms with Crippen molar-refractivity contribution in [3.63, 3.8) is 0 Å². The second-order valence-corrected chi connectivity index (χ2v) is 5.95. The highest BCUT2D eigenvalue weighted by Crippen LogP contribution is 2.24. The fraction of sp³-hybridized carbons (Fsp3) is 0.769. The van der Waals surface area contributed by atoms with Crippen LogP contribution < -0.4 is 0 Å². The zero-order valence-electron chi connectivity index (χ0n) is 12.1. The fourth-order valence-corrected chi connectivity index (χ4v) is 3.46. The van der Waals surface area contributed by atoms with Gasteiger partial charge in [-0.05, 0) is 18.0 Å². The molecule has 3 rings (SSSR count). The second kappa shape index (κ2) is 6.78. The molecule has 1 aromatic rings. The van der Waals surface area contributed by atoms with Crippen LogP contribution in [0.25, 0.3) is 0 Å². The smallest absolute Gasteiger partial charge is 0.275 e. The van der Waals surface area contributed by atoms with Gasteiger partial charge >= 0.3 is 0 Å². The topological polar surface area (TPSA) is 67.8 Å². The number of fused-ring (bicyclic) bond motifs is 1. The lowest BCUT2D eigenvalue weighted by Crippen LogP contribution is -2.61. The summed E-state index contributed by atoms with van der Waals surface area (Å²) in [6.07, 6.45) is 1.09. The van der Waals surface area contributed by atoms with Crippen LogP contribution in [0.15, 0.2) is 5.38 Å². The molecule has 0 aliphatic carbocycles. The highest BCUT2D eigenvalue weighted by Gasteiger charge is 2.38. The minimum absolute atomic E-state index is 0.0283. The van der Waals surface area contributed by atoms with Crippen molar-refractivity contribution in [2.45, 2.75) is 18.6 Å². The number of methoxy groups -OCH3 is 1. The first-order valence-electron chi connectivity index (χ1n) is 7.20. The molecule has 1 amide bonds. The molecule has 8 heteroatoms. The molecule has 2 saturated heterocycles. The van der Waals surface area contributed by atoms with E-state index >= 15 is 0 Å². The normalized spacial score (nSPS) is 26.6. The molecule has 116 valence electrons. The van der Waals surface area contributed by atoms with E-state index in [0.717, 1.165) is 32.7 Å². The summed E-state index contributed by atoms with van der Waals surface area (Å²) in [5.41, 5.74) is 0.443. The van der Waals surface area contributed by atoms with Crippen LogP contribution in [-0.2, 0) is 9.47 Å². The monoisotopic (exact) mass is 312 g/mol. The van der Waals surface area contributed by atoms with Gasteiger partial charge in [0.1, 0.15) is 0 Å². The number of ether oxygens (including phenoxy) is 2. The van der Waals surface area contributed by atoms with E-state index in [1.165, 1.54) is 11.5 Å². The largest absolute Gasteiger partial charge is 0.383 e. The van der Waals surface area contributed by atoms with Crippen LogP contribution in [0.4, 0.5) is 0 Å². The SMILES string of the molecule is COCCN1CCO[C@H]2CCN(C(=O)c3csnn3)C[C@@H]21. The third-order valence-corrected chi connectivity index (χ3v) is 4.65. The maximum absolute atomic E-state index is 12.4. The number of piperidine rings is 1. The summed E-state index contributed by atoms with van der Waals surface area (Å²) < 4.78 is 14.8. The number of morpholine rings is 1. The molecule has 0 N–H and O–H groups in total. The number of likely N-dealkylation sites (tertiary alicyclic amines) is 1. The molecule has 2 aliphatic rings. The third kappa shape index (κ3) is 3.23. The minimum atomic E-state index is -0.0283. The summed E-state index contributed by atoms with van der Waals surface area (Å²) in [5.74, 6) is -0.0283. The molecule has 0 unspecified atom stereocenters. The van der Waals surface area contributed by atoms with E-state index in [9.17, 15) is 4.79 Å². The number of rotatable bonds is 4. The molecule has 0 aromatic carbocycles. The van der Waals surface area contributed by atoms with Crippen molar-refractivity contribution in [2.24, 2.45) is 0 Å². The first-order valence-corrected chi connectivity index (χ1v) is 8.04. The highest BCUT2D eigenvalue weighted by molar-refractivity contribution is 7.03. The summed E-state index contributed by atoms with van der Waals surface area (Å²) in [6.45, 7) is 4.63. The lowest BCUT2D eigenvalue weighted by molar-refractivity contribution is -0.101. The number of aromatic nitrogens is 2. The molecule has 3 heterocycles. The van der Waals surface area contributed by atoms with Gasteiger partial charge in [-0.1, -0.05) is 4.49 Å². The van der Waals surface area contributed by atoms with Gasteiger partial charge in [-0.3, -0.25) is 9.69 Å². The quantitative estimate of drug-likeness (QED) is 0.785.